The van der Waals surface area contributed by atoms with Crippen molar-refractivity contribution in [3.8, 4) is 23.0 Å². The van der Waals surface area contributed by atoms with Gasteiger partial charge in [-0.3, -0.25) is 9.69 Å². The van der Waals surface area contributed by atoms with E-state index in [1.807, 2.05) is 37.1 Å². The number of rotatable bonds is 5. The van der Waals surface area contributed by atoms with E-state index in [0.29, 0.717) is 36.9 Å². The van der Waals surface area contributed by atoms with E-state index in [4.69, 9.17) is 18.9 Å². The average Bonchev–Trinajstić information content (AvgIpc) is 3.15. The number of nitrogens with one attached hydrogen (secondary N) is 1. The predicted octanol–water partition coefficient (Wildman–Crippen LogP) is 2.65. The Morgan fingerprint density at radius 1 is 1.00 bits per heavy atom. The third-order valence-electron chi connectivity index (χ3n) is 4.72. The molecule has 27 heavy (non-hydrogen) atoms. The second kappa shape index (κ2) is 7.36. The van der Waals surface area contributed by atoms with Gasteiger partial charge < -0.3 is 24.3 Å². The van der Waals surface area contributed by atoms with Crippen molar-refractivity contribution in [3.63, 3.8) is 0 Å². The van der Waals surface area contributed by atoms with E-state index in [0.717, 1.165) is 17.1 Å². The van der Waals surface area contributed by atoms with Crippen LogP contribution < -0.4 is 24.3 Å². The van der Waals surface area contributed by atoms with Crippen LogP contribution in [0.1, 0.15) is 12.5 Å². The summed E-state index contributed by atoms with van der Waals surface area (Å²) in [5, 5.41) is 2.93. The minimum Gasteiger partial charge on any atom is -0.486 e. The Labute approximate surface area is 157 Å². The molecule has 0 spiro atoms. The first-order valence-electron chi connectivity index (χ1n) is 8.89. The summed E-state index contributed by atoms with van der Waals surface area (Å²) < 4.78 is 21.8. The quantitative estimate of drug-likeness (QED) is 0.873. The normalized spacial score (nSPS) is 15.5. The molecule has 1 atom stereocenters. The molecule has 2 aromatic carbocycles. The third kappa shape index (κ3) is 3.78. The Kier molecular flexibility index (Phi) is 4.77. The van der Waals surface area contributed by atoms with Crippen molar-refractivity contribution in [3.05, 3.63) is 42.0 Å². The Balaban J connectivity index is 1.38. The number of benzene rings is 2. The SMILES string of the molecule is C[C@@H](C(=O)Nc1ccc2c(c1)OCO2)N(C)Cc1ccc2c(c1)OCCO2. The van der Waals surface area contributed by atoms with Crippen LogP contribution in [0.4, 0.5) is 5.69 Å². The van der Waals surface area contributed by atoms with Gasteiger partial charge in [-0.1, -0.05) is 6.07 Å². The highest BCUT2D eigenvalue weighted by Crippen LogP contribution is 2.34. The highest BCUT2D eigenvalue weighted by atomic mass is 16.7. The van der Waals surface area contributed by atoms with Crippen LogP contribution in [-0.4, -0.2) is 43.9 Å². The zero-order valence-electron chi connectivity index (χ0n) is 15.4. The molecule has 0 radical (unpaired) electrons. The fraction of sp³-hybridized carbons (Fsp3) is 0.350. The summed E-state index contributed by atoms with van der Waals surface area (Å²) in [5.41, 5.74) is 1.74. The monoisotopic (exact) mass is 370 g/mol. The molecule has 142 valence electrons. The van der Waals surface area contributed by atoms with Gasteiger partial charge in [-0.25, -0.2) is 0 Å². The molecule has 0 saturated carbocycles. The fourth-order valence-electron chi connectivity index (χ4n) is 3.03. The summed E-state index contributed by atoms with van der Waals surface area (Å²) in [6, 6.07) is 10.9. The van der Waals surface area contributed by atoms with E-state index in [1.54, 1.807) is 18.2 Å². The molecule has 7 heteroatoms. The first-order chi connectivity index (χ1) is 13.1. The van der Waals surface area contributed by atoms with Crippen molar-refractivity contribution in [1.82, 2.24) is 4.90 Å². The van der Waals surface area contributed by atoms with Gasteiger partial charge in [0.25, 0.3) is 0 Å². The lowest BCUT2D eigenvalue weighted by Crippen LogP contribution is -2.39. The van der Waals surface area contributed by atoms with Crippen LogP contribution in [0, 0.1) is 0 Å². The van der Waals surface area contributed by atoms with Crippen molar-refractivity contribution in [2.75, 3.05) is 32.4 Å². The summed E-state index contributed by atoms with van der Waals surface area (Å²) in [4.78, 5) is 14.6. The van der Waals surface area contributed by atoms with Gasteiger partial charge in [-0.05, 0) is 43.8 Å². The Morgan fingerprint density at radius 3 is 2.52 bits per heavy atom. The average molecular weight is 370 g/mol. The summed E-state index contributed by atoms with van der Waals surface area (Å²) >= 11 is 0. The smallest absolute Gasteiger partial charge is 0.241 e. The lowest BCUT2D eigenvalue weighted by atomic mass is 10.1. The molecule has 1 N–H and O–H groups in total. The van der Waals surface area contributed by atoms with Crippen molar-refractivity contribution in [1.29, 1.82) is 0 Å². The van der Waals surface area contributed by atoms with Crippen LogP contribution >= 0.6 is 0 Å². The van der Waals surface area contributed by atoms with Gasteiger partial charge in [0, 0.05) is 18.3 Å². The largest absolute Gasteiger partial charge is 0.486 e. The molecule has 0 aromatic heterocycles. The van der Waals surface area contributed by atoms with Gasteiger partial charge >= 0.3 is 0 Å². The summed E-state index contributed by atoms with van der Waals surface area (Å²) in [5.74, 6) is 2.77. The minimum atomic E-state index is -0.316. The van der Waals surface area contributed by atoms with Crippen molar-refractivity contribution < 1.29 is 23.7 Å². The Hall–Kier alpha value is -2.93. The molecular weight excluding hydrogens is 348 g/mol. The van der Waals surface area contributed by atoms with Crippen molar-refractivity contribution in [2.24, 2.45) is 0 Å². The lowest BCUT2D eigenvalue weighted by Gasteiger charge is -2.25. The second-order valence-corrected chi connectivity index (χ2v) is 6.63. The maximum Gasteiger partial charge on any atom is 0.241 e. The maximum absolute atomic E-state index is 12.6. The fourth-order valence-corrected chi connectivity index (χ4v) is 3.03. The van der Waals surface area contributed by atoms with Gasteiger partial charge in [0.15, 0.2) is 23.0 Å². The van der Waals surface area contributed by atoms with Crippen molar-refractivity contribution >= 4 is 11.6 Å². The number of nitrogens with zero attached hydrogens (tertiary/aromatic N) is 1. The summed E-state index contributed by atoms with van der Waals surface area (Å²) in [6.07, 6.45) is 0. The highest BCUT2D eigenvalue weighted by Gasteiger charge is 2.21. The summed E-state index contributed by atoms with van der Waals surface area (Å²) in [6.45, 7) is 3.83. The van der Waals surface area contributed by atoms with Crippen LogP contribution in [0.25, 0.3) is 0 Å². The molecule has 2 aliphatic heterocycles. The number of likely N-dealkylation sites (N-methyl/N-ethyl adjacent to an activating group) is 1. The predicted molar refractivity (Wildman–Crippen MR) is 99.6 cm³/mol. The van der Waals surface area contributed by atoms with E-state index in [1.165, 1.54) is 0 Å². The summed E-state index contributed by atoms with van der Waals surface area (Å²) in [7, 11) is 1.92. The minimum absolute atomic E-state index is 0.0890. The number of hydrogen-bond donors (Lipinski definition) is 1. The first-order valence-corrected chi connectivity index (χ1v) is 8.89. The Bertz CT molecular complexity index is 854. The molecule has 1 amide bonds. The second-order valence-electron chi connectivity index (χ2n) is 6.63. The molecule has 0 aliphatic carbocycles. The van der Waals surface area contributed by atoms with Gasteiger partial charge in [0.2, 0.25) is 12.7 Å². The van der Waals surface area contributed by atoms with E-state index in [2.05, 4.69) is 5.32 Å². The molecule has 0 fully saturated rings. The molecule has 0 unspecified atom stereocenters. The van der Waals surface area contributed by atoms with Gasteiger partial charge in [-0.15, -0.1) is 0 Å². The zero-order chi connectivity index (χ0) is 18.8. The van der Waals surface area contributed by atoms with Crippen LogP contribution in [0.5, 0.6) is 23.0 Å². The van der Waals surface area contributed by atoms with Crippen LogP contribution in [0.15, 0.2) is 36.4 Å². The topological polar surface area (TPSA) is 69.3 Å². The molecule has 2 aliphatic rings. The Morgan fingerprint density at radius 2 is 1.67 bits per heavy atom. The van der Waals surface area contributed by atoms with E-state index < -0.39 is 0 Å². The van der Waals surface area contributed by atoms with E-state index in [-0.39, 0.29) is 18.7 Å². The van der Waals surface area contributed by atoms with Crippen LogP contribution in [0.2, 0.25) is 0 Å². The number of anilines is 1. The molecule has 2 heterocycles. The van der Waals surface area contributed by atoms with Crippen molar-refractivity contribution in [2.45, 2.75) is 19.5 Å². The van der Waals surface area contributed by atoms with Crippen LogP contribution in [-0.2, 0) is 11.3 Å². The van der Waals surface area contributed by atoms with Gasteiger partial charge in [0.1, 0.15) is 13.2 Å². The number of amides is 1. The van der Waals surface area contributed by atoms with Gasteiger partial charge in [0.05, 0.1) is 6.04 Å². The molecule has 0 saturated heterocycles. The van der Waals surface area contributed by atoms with E-state index >= 15 is 0 Å². The standard InChI is InChI=1S/C20H22N2O5/c1-13(20(23)21-15-4-6-17-19(10-15)27-12-26-17)22(2)11-14-3-5-16-18(9-14)25-8-7-24-16/h3-6,9-10,13H,7-8,11-12H2,1-2H3,(H,21,23)/t13-/m0/s1. The zero-order valence-corrected chi connectivity index (χ0v) is 15.4. The van der Waals surface area contributed by atoms with Crippen LogP contribution in [0.3, 0.4) is 0 Å². The number of carbonyl (C=O) groups is 1. The van der Waals surface area contributed by atoms with Gasteiger partial charge in [-0.2, -0.15) is 0 Å². The number of carbonyl (C=O) groups excluding carboxylic acids is 1. The number of ether oxygens (including phenoxy) is 4. The maximum atomic E-state index is 12.6. The molecule has 2 aromatic rings. The molecule has 7 nitrogen and oxygen atoms in total. The lowest BCUT2D eigenvalue weighted by molar-refractivity contribution is -0.120. The molecule has 0 bridgehead atoms. The first kappa shape index (κ1) is 17.5. The molecule has 4 rings (SSSR count). The third-order valence-corrected chi connectivity index (χ3v) is 4.72. The number of hydrogen-bond acceptors (Lipinski definition) is 6. The highest BCUT2D eigenvalue weighted by molar-refractivity contribution is 5.94. The molecular formula is C20H22N2O5. The number of fused-ring (bicyclic) bond motifs is 2. The van der Waals surface area contributed by atoms with E-state index in [9.17, 15) is 4.79 Å².